The van der Waals surface area contributed by atoms with Crippen molar-refractivity contribution in [3.8, 4) is 0 Å². The summed E-state index contributed by atoms with van der Waals surface area (Å²) in [6, 6.07) is 0. The molecule has 5 nitrogen and oxygen atoms in total. The molecule has 0 aliphatic carbocycles. The van der Waals surface area contributed by atoms with E-state index in [0.717, 1.165) is 0 Å². The van der Waals surface area contributed by atoms with E-state index in [1.54, 1.807) is 20.4 Å². The molecule has 5 heteroatoms. The van der Waals surface area contributed by atoms with Crippen molar-refractivity contribution < 1.29 is 19.0 Å². The summed E-state index contributed by atoms with van der Waals surface area (Å²) in [5.41, 5.74) is 0. The molecule has 0 unspecified atom stereocenters. The minimum Gasteiger partial charge on any atom is -0.466 e. The lowest BCUT2D eigenvalue weighted by molar-refractivity contribution is -0.134. The molecule has 15 heavy (non-hydrogen) atoms. The maximum absolute atomic E-state index is 10.9. The fourth-order valence-corrected chi connectivity index (χ4v) is 0.912. The van der Waals surface area contributed by atoms with Crippen LogP contribution in [0.2, 0.25) is 0 Å². The summed E-state index contributed by atoms with van der Waals surface area (Å²) in [4.78, 5) is 12.8. The zero-order chi connectivity index (χ0) is 11.5. The van der Waals surface area contributed by atoms with Crippen molar-refractivity contribution in [1.29, 1.82) is 0 Å². The number of esters is 1. The van der Waals surface area contributed by atoms with Crippen molar-refractivity contribution in [2.24, 2.45) is 0 Å². The molecule has 88 valence electrons. The van der Waals surface area contributed by atoms with Crippen LogP contribution in [-0.4, -0.2) is 58.5 Å². The zero-order valence-electron chi connectivity index (χ0n) is 9.56. The summed E-state index contributed by atoms with van der Waals surface area (Å²) in [6.45, 7) is 2.64. The predicted molar refractivity (Wildman–Crippen MR) is 56.5 cm³/mol. The van der Waals surface area contributed by atoms with E-state index in [1.165, 1.54) is 13.2 Å². The number of hydrogen-bond donors (Lipinski definition) is 0. The van der Waals surface area contributed by atoms with Gasteiger partial charge < -0.3 is 19.1 Å². The lowest BCUT2D eigenvalue weighted by Gasteiger charge is -2.18. The molecular formula is C10H19NO4. The first-order valence-electron chi connectivity index (χ1n) is 4.72. The Hall–Kier alpha value is -1.07. The number of methoxy groups -OCH3 is 3. The lowest BCUT2D eigenvalue weighted by Crippen LogP contribution is -2.26. The molecule has 0 aliphatic heterocycles. The number of rotatable bonds is 8. The summed E-state index contributed by atoms with van der Waals surface area (Å²) in [6.07, 6.45) is 3.06. The van der Waals surface area contributed by atoms with Crippen LogP contribution in [0.4, 0.5) is 0 Å². The van der Waals surface area contributed by atoms with E-state index in [9.17, 15) is 4.79 Å². The molecule has 0 N–H and O–H groups in total. The molecule has 0 bridgehead atoms. The van der Waals surface area contributed by atoms with Gasteiger partial charge in [0.25, 0.3) is 0 Å². The Kier molecular flexibility index (Phi) is 8.81. The molecule has 0 aromatic rings. The summed E-state index contributed by atoms with van der Waals surface area (Å²) in [5, 5.41) is 0. The maximum Gasteiger partial charge on any atom is 0.331 e. The van der Waals surface area contributed by atoms with Gasteiger partial charge >= 0.3 is 5.97 Å². The van der Waals surface area contributed by atoms with Crippen molar-refractivity contribution in [2.45, 2.75) is 0 Å². The third kappa shape index (κ3) is 7.96. The van der Waals surface area contributed by atoms with Crippen LogP contribution in [0.5, 0.6) is 0 Å². The first-order valence-corrected chi connectivity index (χ1v) is 4.72. The third-order valence-electron chi connectivity index (χ3n) is 1.79. The molecule has 0 atom stereocenters. The molecule has 0 aromatic carbocycles. The molecule has 0 amide bonds. The largest absolute Gasteiger partial charge is 0.466 e. The van der Waals surface area contributed by atoms with E-state index in [1.807, 2.05) is 4.90 Å². The molecule has 0 aliphatic rings. The smallest absolute Gasteiger partial charge is 0.331 e. The molecule has 0 heterocycles. The van der Waals surface area contributed by atoms with Gasteiger partial charge in [0, 0.05) is 39.6 Å². The highest BCUT2D eigenvalue weighted by Gasteiger charge is 1.99. The van der Waals surface area contributed by atoms with Gasteiger partial charge in [-0.25, -0.2) is 4.79 Å². The Morgan fingerprint density at radius 3 is 2.07 bits per heavy atom. The summed E-state index contributed by atoms with van der Waals surface area (Å²) < 4.78 is 14.4. The van der Waals surface area contributed by atoms with Crippen molar-refractivity contribution in [3.63, 3.8) is 0 Å². The van der Waals surface area contributed by atoms with E-state index < -0.39 is 0 Å². The Morgan fingerprint density at radius 2 is 1.67 bits per heavy atom. The highest BCUT2D eigenvalue weighted by molar-refractivity contribution is 5.81. The van der Waals surface area contributed by atoms with E-state index in [2.05, 4.69) is 4.74 Å². The molecule has 0 saturated heterocycles. The number of carbonyl (C=O) groups excluding carboxylic acids is 1. The molecule has 0 saturated carbocycles. The molecule has 0 radical (unpaired) electrons. The second kappa shape index (κ2) is 9.48. The first kappa shape index (κ1) is 13.9. The first-order chi connectivity index (χ1) is 7.24. The summed E-state index contributed by atoms with van der Waals surface area (Å²) in [5.74, 6) is -0.366. The highest BCUT2D eigenvalue weighted by atomic mass is 16.5. The lowest BCUT2D eigenvalue weighted by atomic mass is 10.5. The topological polar surface area (TPSA) is 48.0 Å². The fraction of sp³-hybridized carbons (Fsp3) is 0.700. The van der Waals surface area contributed by atoms with Gasteiger partial charge in [-0.1, -0.05) is 0 Å². The standard InChI is InChI=1S/C10H19NO4/c1-13-8-6-11(7-9-14-2)5-4-10(12)15-3/h4-5H,6-9H2,1-3H3. The Labute approximate surface area is 90.6 Å². The SMILES string of the molecule is COCCN(C=CC(=O)OC)CCOC. The Morgan fingerprint density at radius 1 is 1.13 bits per heavy atom. The molecule has 0 aromatic heterocycles. The monoisotopic (exact) mass is 217 g/mol. The van der Waals surface area contributed by atoms with Crippen LogP contribution in [0.1, 0.15) is 0 Å². The van der Waals surface area contributed by atoms with Gasteiger partial charge in [0.2, 0.25) is 0 Å². The van der Waals surface area contributed by atoms with Crippen LogP contribution in [0.3, 0.4) is 0 Å². The quantitative estimate of drug-likeness (QED) is 0.431. The van der Waals surface area contributed by atoms with Crippen LogP contribution in [0.25, 0.3) is 0 Å². The predicted octanol–water partition coefficient (Wildman–Crippen LogP) is 0.268. The molecule has 0 fully saturated rings. The van der Waals surface area contributed by atoms with Crippen LogP contribution in [-0.2, 0) is 19.0 Å². The number of carbonyl (C=O) groups is 1. The molecule has 0 spiro atoms. The minimum atomic E-state index is -0.366. The zero-order valence-corrected chi connectivity index (χ0v) is 9.56. The number of nitrogens with zero attached hydrogens (tertiary/aromatic N) is 1. The maximum atomic E-state index is 10.9. The van der Waals surface area contributed by atoms with Crippen molar-refractivity contribution in [1.82, 2.24) is 4.90 Å². The second-order valence-corrected chi connectivity index (χ2v) is 2.86. The Bertz CT molecular complexity index is 186. The molecule has 0 rings (SSSR count). The highest BCUT2D eigenvalue weighted by Crippen LogP contribution is 1.91. The van der Waals surface area contributed by atoms with Gasteiger partial charge in [0.15, 0.2) is 0 Å². The van der Waals surface area contributed by atoms with Crippen LogP contribution < -0.4 is 0 Å². The number of ether oxygens (including phenoxy) is 3. The van der Waals surface area contributed by atoms with Crippen LogP contribution in [0.15, 0.2) is 12.3 Å². The van der Waals surface area contributed by atoms with Gasteiger partial charge in [0.1, 0.15) is 0 Å². The van der Waals surface area contributed by atoms with E-state index >= 15 is 0 Å². The third-order valence-corrected chi connectivity index (χ3v) is 1.79. The summed E-state index contributed by atoms with van der Waals surface area (Å²) >= 11 is 0. The number of hydrogen-bond acceptors (Lipinski definition) is 5. The summed E-state index contributed by atoms with van der Waals surface area (Å²) in [7, 11) is 4.62. The van der Waals surface area contributed by atoms with Crippen LogP contribution in [0, 0.1) is 0 Å². The van der Waals surface area contributed by atoms with Crippen molar-refractivity contribution in [3.05, 3.63) is 12.3 Å². The van der Waals surface area contributed by atoms with Crippen molar-refractivity contribution >= 4 is 5.97 Å². The van der Waals surface area contributed by atoms with Gasteiger partial charge in [-0.15, -0.1) is 0 Å². The van der Waals surface area contributed by atoms with Gasteiger partial charge in [0.05, 0.1) is 20.3 Å². The van der Waals surface area contributed by atoms with Crippen molar-refractivity contribution in [2.75, 3.05) is 47.6 Å². The van der Waals surface area contributed by atoms with Gasteiger partial charge in [-0.2, -0.15) is 0 Å². The van der Waals surface area contributed by atoms with E-state index in [4.69, 9.17) is 9.47 Å². The van der Waals surface area contributed by atoms with Gasteiger partial charge in [-0.3, -0.25) is 0 Å². The Balaban J connectivity index is 3.98. The average Bonchev–Trinajstić information content (AvgIpc) is 2.27. The van der Waals surface area contributed by atoms with E-state index in [-0.39, 0.29) is 5.97 Å². The fourth-order valence-electron chi connectivity index (χ4n) is 0.912. The molecular weight excluding hydrogens is 198 g/mol. The normalized spacial score (nSPS) is 10.6. The van der Waals surface area contributed by atoms with E-state index in [0.29, 0.717) is 26.3 Å². The average molecular weight is 217 g/mol. The van der Waals surface area contributed by atoms with Gasteiger partial charge in [-0.05, 0) is 0 Å². The van der Waals surface area contributed by atoms with Crippen LogP contribution >= 0.6 is 0 Å². The second-order valence-electron chi connectivity index (χ2n) is 2.86. The minimum absolute atomic E-state index is 0.366.